The van der Waals surface area contributed by atoms with E-state index in [0.29, 0.717) is 5.92 Å². The maximum Gasteiger partial charge on any atom is 0.159 e. The SMILES string of the molecule is CC1(C)c2ccccc2C2(c3ccccc3-c3ccc(N(c4ccc(-c5ccccc5)cc4)c4cccc5c4oc4ccccc45)cc32)C2C=CC=CC21. The van der Waals surface area contributed by atoms with Crippen LogP contribution in [-0.4, -0.2) is 0 Å². The molecule has 0 N–H and O–H groups in total. The van der Waals surface area contributed by atoms with Crippen molar-refractivity contribution in [3.05, 3.63) is 210 Å². The molecule has 0 fully saturated rings. The highest BCUT2D eigenvalue weighted by Crippen LogP contribution is 2.65. The van der Waals surface area contributed by atoms with Crippen LogP contribution in [0.3, 0.4) is 0 Å². The average Bonchev–Trinajstić information content (AvgIpc) is 3.75. The van der Waals surface area contributed by atoms with Crippen molar-refractivity contribution in [2.45, 2.75) is 24.7 Å². The predicted octanol–water partition coefficient (Wildman–Crippen LogP) is 13.7. The lowest BCUT2D eigenvalue weighted by Crippen LogP contribution is -2.51. The molecular weight excluding hydrogens is 655 g/mol. The summed E-state index contributed by atoms with van der Waals surface area (Å²) in [6.07, 6.45) is 9.50. The molecule has 3 aliphatic carbocycles. The Kier molecular flexibility index (Phi) is 6.67. The summed E-state index contributed by atoms with van der Waals surface area (Å²) in [7, 11) is 0. The van der Waals surface area contributed by atoms with E-state index in [1.165, 1.54) is 44.5 Å². The van der Waals surface area contributed by atoms with Gasteiger partial charge in [0.25, 0.3) is 0 Å². The number of allylic oxidation sites excluding steroid dienone is 4. The Morgan fingerprint density at radius 2 is 1.11 bits per heavy atom. The van der Waals surface area contributed by atoms with Crippen molar-refractivity contribution >= 4 is 39.0 Å². The fourth-order valence-electron chi connectivity index (χ4n) is 10.3. The second kappa shape index (κ2) is 11.6. The third kappa shape index (κ3) is 4.23. The number of para-hydroxylation sites is 2. The van der Waals surface area contributed by atoms with Crippen LogP contribution in [0.15, 0.2) is 193 Å². The molecule has 0 bridgehead atoms. The highest BCUT2D eigenvalue weighted by atomic mass is 16.3. The predicted molar refractivity (Wildman–Crippen MR) is 224 cm³/mol. The van der Waals surface area contributed by atoms with Gasteiger partial charge in [-0.2, -0.15) is 0 Å². The minimum absolute atomic E-state index is 0.0352. The Morgan fingerprint density at radius 1 is 0.481 bits per heavy atom. The van der Waals surface area contributed by atoms with Crippen molar-refractivity contribution in [1.82, 2.24) is 0 Å². The third-order valence-electron chi connectivity index (χ3n) is 12.7. The normalized spacial score (nSPS) is 20.1. The molecule has 3 unspecified atom stereocenters. The first-order valence-corrected chi connectivity index (χ1v) is 19.1. The van der Waals surface area contributed by atoms with Gasteiger partial charge in [0, 0.05) is 28.1 Å². The van der Waals surface area contributed by atoms with E-state index in [4.69, 9.17) is 4.42 Å². The molecule has 54 heavy (non-hydrogen) atoms. The molecule has 1 aromatic heterocycles. The van der Waals surface area contributed by atoms with Crippen molar-refractivity contribution in [2.75, 3.05) is 4.90 Å². The van der Waals surface area contributed by atoms with E-state index in [2.05, 4.69) is 201 Å². The molecule has 8 aromatic rings. The van der Waals surface area contributed by atoms with Gasteiger partial charge < -0.3 is 9.32 Å². The van der Waals surface area contributed by atoms with Gasteiger partial charge in [0.1, 0.15) is 5.58 Å². The first-order chi connectivity index (χ1) is 26.5. The van der Waals surface area contributed by atoms with Crippen molar-refractivity contribution in [3.8, 4) is 22.3 Å². The lowest BCUT2D eigenvalue weighted by Gasteiger charge is -2.54. The van der Waals surface area contributed by atoms with E-state index in [1.807, 2.05) is 6.07 Å². The zero-order chi connectivity index (χ0) is 36.0. The van der Waals surface area contributed by atoms with Crippen LogP contribution in [-0.2, 0) is 10.8 Å². The fraction of sp³-hybridized carbons (Fsp3) is 0.115. The van der Waals surface area contributed by atoms with Crippen LogP contribution in [0.1, 0.15) is 36.1 Å². The molecule has 0 aliphatic heterocycles. The summed E-state index contributed by atoms with van der Waals surface area (Å²) in [5.41, 5.74) is 15.2. The van der Waals surface area contributed by atoms with Gasteiger partial charge in [-0.1, -0.05) is 166 Å². The maximum atomic E-state index is 6.74. The average molecular weight is 694 g/mol. The summed E-state index contributed by atoms with van der Waals surface area (Å²) in [6.45, 7) is 4.87. The fourth-order valence-corrected chi connectivity index (χ4v) is 10.3. The van der Waals surface area contributed by atoms with E-state index in [-0.39, 0.29) is 16.7 Å². The van der Waals surface area contributed by atoms with Crippen LogP contribution in [0, 0.1) is 11.8 Å². The molecule has 2 nitrogen and oxygen atoms in total. The molecule has 1 spiro atoms. The third-order valence-corrected chi connectivity index (χ3v) is 12.7. The topological polar surface area (TPSA) is 16.4 Å². The van der Waals surface area contributed by atoms with Crippen LogP contribution in [0.4, 0.5) is 17.1 Å². The van der Waals surface area contributed by atoms with Gasteiger partial charge in [-0.15, -0.1) is 0 Å². The lowest BCUT2D eigenvalue weighted by molar-refractivity contribution is 0.219. The second-order valence-corrected chi connectivity index (χ2v) is 15.7. The second-order valence-electron chi connectivity index (χ2n) is 15.7. The zero-order valence-corrected chi connectivity index (χ0v) is 30.4. The van der Waals surface area contributed by atoms with Gasteiger partial charge in [-0.25, -0.2) is 0 Å². The van der Waals surface area contributed by atoms with E-state index in [1.54, 1.807) is 0 Å². The summed E-state index contributed by atoms with van der Waals surface area (Å²) in [6, 6.07) is 60.1. The summed E-state index contributed by atoms with van der Waals surface area (Å²) >= 11 is 0. The quantitative estimate of drug-likeness (QED) is 0.182. The van der Waals surface area contributed by atoms with Gasteiger partial charge >= 0.3 is 0 Å². The Bertz CT molecular complexity index is 2820. The van der Waals surface area contributed by atoms with E-state index >= 15 is 0 Å². The molecule has 3 atom stereocenters. The standard InChI is InChI=1S/C52H39NO/c1-51(2)43-21-9-11-23-45(43)52(46-24-12-10-22-44(46)51)42-20-8-6-17-38(42)39-32-31-37(33-47(39)52)53(36-29-27-35(28-30-36)34-15-4-3-5-16-34)48-25-14-19-41-40-18-7-13-26-49(40)54-50(41)48/h3-33,43,45H,1-2H3. The molecule has 258 valence electrons. The molecule has 0 saturated carbocycles. The highest BCUT2D eigenvalue weighted by molar-refractivity contribution is 6.10. The smallest absolute Gasteiger partial charge is 0.159 e. The Hall–Kier alpha value is -6.38. The summed E-state index contributed by atoms with van der Waals surface area (Å²) in [4.78, 5) is 2.41. The zero-order valence-electron chi connectivity index (χ0n) is 30.4. The Balaban J connectivity index is 1.19. The van der Waals surface area contributed by atoms with Crippen LogP contribution < -0.4 is 4.90 Å². The van der Waals surface area contributed by atoms with Crippen molar-refractivity contribution in [3.63, 3.8) is 0 Å². The summed E-state index contributed by atoms with van der Waals surface area (Å²) in [5.74, 6) is 0.563. The van der Waals surface area contributed by atoms with E-state index < -0.39 is 0 Å². The van der Waals surface area contributed by atoms with Crippen LogP contribution in [0.5, 0.6) is 0 Å². The minimum Gasteiger partial charge on any atom is -0.454 e. The number of benzene rings is 7. The van der Waals surface area contributed by atoms with Gasteiger partial charge in [0.05, 0.1) is 11.1 Å². The van der Waals surface area contributed by atoms with E-state index in [9.17, 15) is 0 Å². The summed E-state index contributed by atoms with van der Waals surface area (Å²) < 4.78 is 6.74. The molecule has 7 aromatic carbocycles. The number of fused-ring (bicyclic) bond motifs is 12. The molecular formula is C52H39NO. The molecule has 1 heterocycles. The number of rotatable bonds is 4. The van der Waals surface area contributed by atoms with Gasteiger partial charge in [0.15, 0.2) is 5.58 Å². The van der Waals surface area contributed by atoms with Crippen molar-refractivity contribution < 1.29 is 4.42 Å². The van der Waals surface area contributed by atoms with Crippen molar-refractivity contribution in [2.24, 2.45) is 11.8 Å². The maximum absolute atomic E-state index is 6.74. The van der Waals surface area contributed by atoms with E-state index in [0.717, 1.165) is 39.0 Å². The number of anilines is 3. The monoisotopic (exact) mass is 693 g/mol. The number of nitrogens with zero attached hydrogens (tertiary/aromatic N) is 1. The molecule has 0 amide bonds. The van der Waals surface area contributed by atoms with Crippen molar-refractivity contribution in [1.29, 1.82) is 0 Å². The first kappa shape index (κ1) is 31.2. The molecule has 2 heteroatoms. The molecule has 3 aliphatic rings. The number of hydrogen-bond acceptors (Lipinski definition) is 2. The Labute approximate surface area is 316 Å². The molecule has 11 rings (SSSR count). The van der Waals surface area contributed by atoms with Gasteiger partial charge in [-0.3, -0.25) is 0 Å². The van der Waals surface area contributed by atoms with Gasteiger partial charge in [-0.05, 0) is 92.2 Å². The lowest BCUT2D eigenvalue weighted by atomic mass is 9.48. The van der Waals surface area contributed by atoms with Crippen LogP contribution >= 0.6 is 0 Å². The number of furan rings is 1. The molecule has 0 radical (unpaired) electrons. The largest absolute Gasteiger partial charge is 0.454 e. The number of hydrogen-bond donors (Lipinski definition) is 0. The van der Waals surface area contributed by atoms with Gasteiger partial charge in [0.2, 0.25) is 0 Å². The highest BCUT2D eigenvalue weighted by Gasteiger charge is 2.58. The molecule has 0 saturated heterocycles. The van der Waals surface area contributed by atoms with Crippen LogP contribution in [0.2, 0.25) is 0 Å². The van der Waals surface area contributed by atoms with Crippen LogP contribution in [0.25, 0.3) is 44.2 Å². The first-order valence-electron chi connectivity index (χ1n) is 19.1. The minimum atomic E-state index is -0.367. The summed E-state index contributed by atoms with van der Waals surface area (Å²) in [5, 5.41) is 2.24. The Morgan fingerprint density at radius 3 is 1.94 bits per heavy atom.